The zero-order valence-electron chi connectivity index (χ0n) is 17.5. The number of aryl methyl sites for hydroxylation is 1. The zero-order chi connectivity index (χ0) is 24.1. The number of benzene rings is 1. The van der Waals surface area contributed by atoms with Gasteiger partial charge in [-0.2, -0.15) is 5.26 Å². The molecule has 2 aromatic heterocycles. The summed E-state index contributed by atoms with van der Waals surface area (Å²) in [7, 11) is 0. The van der Waals surface area contributed by atoms with Crippen LogP contribution in [0, 0.1) is 25.2 Å². The van der Waals surface area contributed by atoms with E-state index in [-0.39, 0.29) is 11.3 Å². The van der Waals surface area contributed by atoms with E-state index in [0.29, 0.717) is 27.0 Å². The van der Waals surface area contributed by atoms with Crippen LogP contribution >= 0.6 is 23.2 Å². The number of ether oxygens (including phenoxy) is 1. The standard InChI is InChI=1S/C23H17Cl2N3O5/c1-13-9-15(14(2)28(13)18-6-3-5-17(24)21(18)25)10-16(11-26)23(31)33-12-20(29)27-22(30)19-7-4-8-32-19/h3-10H,12H2,1-2H3,(H,27,29,30)/b16-10+. The summed E-state index contributed by atoms with van der Waals surface area (Å²) in [6, 6.07) is 11.6. The number of hydrogen-bond donors (Lipinski definition) is 1. The van der Waals surface area contributed by atoms with Gasteiger partial charge >= 0.3 is 5.97 Å². The Morgan fingerprint density at radius 2 is 1.97 bits per heavy atom. The van der Waals surface area contributed by atoms with Gasteiger partial charge in [0.2, 0.25) is 0 Å². The Hall–Kier alpha value is -3.80. The van der Waals surface area contributed by atoms with Gasteiger partial charge < -0.3 is 13.7 Å². The molecule has 0 radical (unpaired) electrons. The molecule has 0 unspecified atom stereocenters. The Balaban J connectivity index is 1.74. The number of aromatic nitrogens is 1. The molecule has 0 fully saturated rings. The second-order valence-corrected chi connectivity index (χ2v) is 7.62. The number of nitrogens with one attached hydrogen (secondary N) is 1. The van der Waals surface area contributed by atoms with Crippen LogP contribution in [-0.4, -0.2) is 29.0 Å². The highest BCUT2D eigenvalue weighted by Gasteiger charge is 2.19. The SMILES string of the molecule is Cc1cc(/C=C(\C#N)C(=O)OCC(=O)NC(=O)c2ccco2)c(C)n1-c1cccc(Cl)c1Cl. The van der Waals surface area contributed by atoms with Crippen LogP contribution in [0.4, 0.5) is 0 Å². The average Bonchev–Trinajstić information content (AvgIpc) is 3.41. The molecule has 168 valence electrons. The smallest absolute Gasteiger partial charge is 0.349 e. The number of halogens is 2. The number of nitriles is 1. The third kappa shape index (κ3) is 5.34. The molecule has 33 heavy (non-hydrogen) atoms. The lowest BCUT2D eigenvalue weighted by Gasteiger charge is -2.12. The Labute approximate surface area is 199 Å². The molecular weight excluding hydrogens is 469 g/mol. The molecule has 0 bridgehead atoms. The highest BCUT2D eigenvalue weighted by Crippen LogP contribution is 2.32. The van der Waals surface area contributed by atoms with Gasteiger partial charge in [-0.1, -0.05) is 29.3 Å². The van der Waals surface area contributed by atoms with Crippen LogP contribution in [0.25, 0.3) is 11.8 Å². The predicted molar refractivity (Wildman–Crippen MR) is 121 cm³/mol. The van der Waals surface area contributed by atoms with Crippen molar-refractivity contribution in [3.8, 4) is 11.8 Å². The number of furan rings is 1. The number of carbonyl (C=O) groups is 3. The summed E-state index contributed by atoms with van der Waals surface area (Å²) < 4.78 is 11.6. The molecule has 2 heterocycles. The van der Waals surface area contributed by atoms with Crippen molar-refractivity contribution in [3.05, 3.63) is 81.0 Å². The Kier molecular flexibility index (Phi) is 7.38. The Morgan fingerprint density at radius 1 is 1.21 bits per heavy atom. The molecule has 0 spiro atoms. The Morgan fingerprint density at radius 3 is 2.64 bits per heavy atom. The number of amides is 2. The number of nitrogens with zero attached hydrogens (tertiary/aromatic N) is 2. The second-order valence-electron chi connectivity index (χ2n) is 6.84. The van der Waals surface area contributed by atoms with Gasteiger partial charge in [0, 0.05) is 11.4 Å². The molecule has 3 rings (SSSR count). The molecule has 0 saturated carbocycles. The normalized spacial score (nSPS) is 11.1. The summed E-state index contributed by atoms with van der Waals surface area (Å²) >= 11 is 12.5. The van der Waals surface area contributed by atoms with Crippen LogP contribution in [-0.2, 0) is 14.3 Å². The van der Waals surface area contributed by atoms with Gasteiger partial charge in [-0.05, 0) is 55.8 Å². The fraction of sp³-hybridized carbons (Fsp3) is 0.130. The summed E-state index contributed by atoms with van der Waals surface area (Å²) in [5, 5.41) is 12.2. The molecule has 8 nitrogen and oxygen atoms in total. The van der Waals surface area contributed by atoms with Crippen molar-refractivity contribution in [2.75, 3.05) is 6.61 Å². The summed E-state index contributed by atoms with van der Waals surface area (Å²) in [6.07, 6.45) is 2.63. The lowest BCUT2D eigenvalue weighted by Crippen LogP contribution is -2.34. The fourth-order valence-corrected chi connectivity index (χ4v) is 3.48. The van der Waals surface area contributed by atoms with E-state index >= 15 is 0 Å². The average molecular weight is 486 g/mol. The van der Waals surface area contributed by atoms with E-state index in [1.165, 1.54) is 24.5 Å². The van der Waals surface area contributed by atoms with Crippen molar-refractivity contribution in [1.82, 2.24) is 9.88 Å². The third-order valence-corrected chi connectivity index (χ3v) is 5.42. The minimum atomic E-state index is -1.01. The van der Waals surface area contributed by atoms with Gasteiger partial charge in [0.15, 0.2) is 12.4 Å². The van der Waals surface area contributed by atoms with E-state index in [0.717, 1.165) is 5.69 Å². The van der Waals surface area contributed by atoms with E-state index in [4.69, 9.17) is 32.4 Å². The first-order valence-electron chi connectivity index (χ1n) is 9.53. The van der Waals surface area contributed by atoms with Crippen LogP contribution in [0.2, 0.25) is 10.0 Å². The molecular formula is C23H17Cl2N3O5. The molecule has 1 N–H and O–H groups in total. The predicted octanol–water partition coefficient (Wildman–Crippen LogP) is 4.40. The molecule has 10 heteroatoms. The number of carbonyl (C=O) groups excluding carboxylic acids is 3. The third-order valence-electron chi connectivity index (χ3n) is 4.61. The number of rotatable bonds is 6. The van der Waals surface area contributed by atoms with E-state index in [2.05, 4.69) is 0 Å². The minimum Gasteiger partial charge on any atom is -0.459 e. The highest BCUT2D eigenvalue weighted by molar-refractivity contribution is 6.43. The van der Waals surface area contributed by atoms with Crippen molar-refractivity contribution < 1.29 is 23.5 Å². The fourth-order valence-electron chi connectivity index (χ4n) is 3.10. The summed E-state index contributed by atoms with van der Waals surface area (Å²) in [5.41, 5.74) is 2.41. The monoisotopic (exact) mass is 485 g/mol. The van der Waals surface area contributed by atoms with Gasteiger partial charge in [-0.15, -0.1) is 0 Å². The van der Waals surface area contributed by atoms with Gasteiger partial charge in [-0.3, -0.25) is 14.9 Å². The summed E-state index contributed by atoms with van der Waals surface area (Å²) in [4.78, 5) is 36.0. The van der Waals surface area contributed by atoms with Crippen molar-refractivity contribution in [3.63, 3.8) is 0 Å². The van der Waals surface area contributed by atoms with E-state index in [1.807, 2.05) is 16.8 Å². The highest BCUT2D eigenvalue weighted by atomic mass is 35.5. The van der Waals surface area contributed by atoms with E-state index in [9.17, 15) is 19.6 Å². The van der Waals surface area contributed by atoms with Gasteiger partial charge in [0.05, 0.1) is 22.0 Å². The van der Waals surface area contributed by atoms with Crippen molar-refractivity contribution >= 4 is 47.1 Å². The summed E-state index contributed by atoms with van der Waals surface area (Å²) in [6.45, 7) is 2.89. The quantitative estimate of drug-likeness (QED) is 0.314. The van der Waals surface area contributed by atoms with Crippen LogP contribution in [0.3, 0.4) is 0 Å². The van der Waals surface area contributed by atoms with Crippen molar-refractivity contribution in [1.29, 1.82) is 5.26 Å². The zero-order valence-corrected chi connectivity index (χ0v) is 19.0. The summed E-state index contributed by atoms with van der Waals surface area (Å²) in [5.74, 6) is -2.72. The van der Waals surface area contributed by atoms with E-state index < -0.39 is 24.4 Å². The first-order chi connectivity index (χ1) is 15.7. The Bertz CT molecular complexity index is 1300. The lowest BCUT2D eigenvalue weighted by atomic mass is 10.1. The van der Waals surface area contributed by atoms with Gasteiger partial charge in [0.25, 0.3) is 11.8 Å². The maximum atomic E-state index is 12.3. The first-order valence-corrected chi connectivity index (χ1v) is 10.3. The molecule has 0 aliphatic heterocycles. The van der Waals surface area contributed by atoms with Crippen molar-refractivity contribution in [2.45, 2.75) is 13.8 Å². The molecule has 0 atom stereocenters. The maximum Gasteiger partial charge on any atom is 0.349 e. The number of esters is 1. The van der Waals surface area contributed by atoms with Gasteiger partial charge in [0.1, 0.15) is 11.6 Å². The first kappa shape index (κ1) is 23.9. The molecule has 1 aromatic carbocycles. The van der Waals surface area contributed by atoms with Gasteiger partial charge in [-0.25, -0.2) is 4.79 Å². The molecule has 3 aromatic rings. The van der Waals surface area contributed by atoms with E-state index in [1.54, 1.807) is 37.3 Å². The molecule has 0 aliphatic rings. The van der Waals surface area contributed by atoms with Crippen molar-refractivity contribution in [2.24, 2.45) is 0 Å². The van der Waals surface area contributed by atoms with Crippen LogP contribution < -0.4 is 5.32 Å². The molecule has 0 saturated heterocycles. The molecule has 0 aliphatic carbocycles. The second kappa shape index (κ2) is 10.2. The largest absolute Gasteiger partial charge is 0.459 e. The van der Waals surface area contributed by atoms with Crippen LogP contribution in [0.1, 0.15) is 27.5 Å². The number of imide groups is 1. The van der Waals surface area contributed by atoms with Crippen LogP contribution in [0.15, 0.2) is 52.7 Å². The topological polar surface area (TPSA) is 114 Å². The van der Waals surface area contributed by atoms with Crippen LogP contribution in [0.5, 0.6) is 0 Å². The minimum absolute atomic E-state index is 0.0672. The molecule has 2 amide bonds. The lowest BCUT2D eigenvalue weighted by molar-refractivity contribution is -0.144. The maximum absolute atomic E-state index is 12.3. The number of hydrogen-bond acceptors (Lipinski definition) is 6.